The van der Waals surface area contributed by atoms with Gasteiger partial charge in [-0.1, -0.05) is 19.1 Å². The Kier molecular flexibility index (Phi) is 5.42. The molecule has 2 N–H and O–H groups in total. The molecule has 0 unspecified atom stereocenters. The number of anilines is 1. The summed E-state index contributed by atoms with van der Waals surface area (Å²) in [7, 11) is 0. The first kappa shape index (κ1) is 15.6. The zero-order valence-electron chi connectivity index (χ0n) is 11.4. The van der Waals surface area contributed by atoms with Crippen molar-refractivity contribution in [2.45, 2.75) is 31.9 Å². The minimum atomic E-state index is -0.956. The van der Waals surface area contributed by atoms with Gasteiger partial charge in [0.2, 0.25) is 5.91 Å². The molecule has 0 bridgehead atoms. The van der Waals surface area contributed by atoms with Crippen molar-refractivity contribution in [2.75, 3.05) is 11.1 Å². The van der Waals surface area contributed by atoms with E-state index in [9.17, 15) is 9.59 Å². The Labute approximate surface area is 117 Å². The van der Waals surface area contributed by atoms with E-state index in [0.29, 0.717) is 0 Å². The highest BCUT2D eigenvalue weighted by atomic mass is 32.2. The summed E-state index contributed by atoms with van der Waals surface area (Å²) < 4.78 is -0.956. The molecular formula is C14H19NO3S. The molecule has 0 aliphatic rings. The third-order valence-corrected chi connectivity index (χ3v) is 4.00. The first-order valence-electron chi connectivity index (χ1n) is 6.11. The van der Waals surface area contributed by atoms with E-state index in [1.54, 1.807) is 13.8 Å². The van der Waals surface area contributed by atoms with Gasteiger partial charge in [0.25, 0.3) is 0 Å². The van der Waals surface area contributed by atoms with Crippen molar-refractivity contribution in [3.8, 4) is 0 Å². The lowest BCUT2D eigenvalue weighted by Gasteiger charge is -2.17. The minimum absolute atomic E-state index is 0.121. The van der Waals surface area contributed by atoms with E-state index in [0.717, 1.165) is 29.4 Å². The van der Waals surface area contributed by atoms with Crippen molar-refractivity contribution in [3.63, 3.8) is 0 Å². The number of nitrogens with one attached hydrogen (secondary N) is 1. The van der Waals surface area contributed by atoms with Gasteiger partial charge in [0, 0.05) is 5.69 Å². The predicted octanol–water partition coefficient (Wildman–Crippen LogP) is 2.78. The maximum absolute atomic E-state index is 11.8. The normalized spacial score (nSPS) is 11.1. The van der Waals surface area contributed by atoms with Crippen LogP contribution in [-0.4, -0.2) is 27.5 Å². The molecule has 104 valence electrons. The number of carboxylic acids is 1. The van der Waals surface area contributed by atoms with Crippen LogP contribution in [0.3, 0.4) is 0 Å². The highest BCUT2D eigenvalue weighted by Gasteiger charge is 2.28. The molecule has 0 fully saturated rings. The van der Waals surface area contributed by atoms with Gasteiger partial charge in [0.15, 0.2) is 0 Å². The quantitative estimate of drug-likeness (QED) is 0.841. The molecule has 5 heteroatoms. The molecule has 0 heterocycles. The lowest BCUT2D eigenvalue weighted by Crippen LogP contribution is -2.29. The maximum atomic E-state index is 11.8. The SMILES string of the molecule is CCc1cccc(NC(=O)CSC(C)(C)C(=O)O)c1. The largest absolute Gasteiger partial charge is 0.480 e. The highest BCUT2D eigenvalue weighted by molar-refractivity contribution is 8.02. The second-order valence-electron chi connectivity index (χ2n) is 4.71. The third-order valence-electron chi connectivity index (χ3n) is 2.70. The van der Waals surface area contributed by atoms with Gasteiger partial charge in [-0.25, -0.2) is 0 Å². The number of hydrogen-bond donors (Lipinski definition) is 2. The van der Waals surface area contributed by atoms with E-state index in [4.69, 9.17) is 5.11 Å². The molecule has 0 aliphatic heterocycles. The predicted molar refractivity (Wildman–Crippen MR) is 78.6 cm³/mol. The lowest BCUT2D eigenvalue weighted by atomic mass is 10.1. The first-order valence-corrected chi connectivity index (χ1v) is 7.10. The average Bonchev–Trinajstić information content (AvgIpc) is 2.36. The molecule has 0 saturated heterocycles. The number of aliphatic carboxylic acids is 1. The third kappa shape index (κ3) is 4.95. The molecule has 1 amide bonds. The molecule has 1 aromatic carbocycles. The summed E-state index contributed by atoms with van der Waals surface area (Å²) in [6.07, 6.45) is 0.907. The first-order chi connectivity index (χ1) is 8.85. The molecule has 1 aromatic rings. The minimum Gasteiger partial charge on any atom is -0.480 e. The molecule has 0 atom stereocenters. The van der Waals surface area contributed by atoms with Crippen LogP contribution in [0, 0.1) is 0 Å². The van der Waals surface area contributed by atoms with Crippen LogP contribution in [0.15, 0.2) is 24.3 Å². The van der Waals surface area contributed by atoms with Crippen LogP contribution >= 0.6 is 11.8 Å². The Balaban J connectivity index is 2.54. The van der Waals surface area contributed by atoms with Gasteiger partial charge in [-0.3, -0.25) is 9.59 Å². The number of benzene rings is 1. The molecule has 0 radical (unpaired) electrons. The summed E-state index contributed by atoms with van der Waals surface area (Å²) in [5.41, 5.74) is 1.90. The number of hydrogen-bond acceptors (Lipinski definition) is 3. The van der Waals surface area contributed by atoms with Gasteiger partial charge in [-0.2, -0.15) is 0 Å². The van der Waals surface area contributed by atoms with Gasteiger partial charge in [-0.15, -0.1) is 11.8 Å². The van der Waals surface area contributed by atoms with E-state index >= 15 is 0 Å². The van der Waals surface area contributed by atoms with Gasteiger partial charge >= 0.3 is 5.97 Å². The van der Waals surface area contributed by atoms with Gasteiger partial charge < -0.3 is 10.4 Å². The lowest BCUT2D eigenvalue weighted by molar-refractivity contribution is -0.138. The average molecular weight is 281 g/mol. The summed E-state index contributed by atoms with van der Waals surface area (Å²) in [5, 5.41) is 11.7. The molecule has 0 aliphatic carbocycles. The van der Waals surface area contributed by atoms with Crippen LogP contribution in [0.4, 0.5) is 5.69 Å². The van der Waals surface area contributed by atoms with Gasteiger partial charge in [0.1, 0.15) is 4.75 Å². The Bertz CT molecular complexity index is 472. The number of carbonyl (C=O) groups excluding carboxylic acids is 1. The Morgan fingerprint density at radius 2 is 2.05 bits per heavy atom. The summed E-state index contributed by atoms with van der Waals surface area (Å²) in [4.78, 5) is 22.7. The van der Waals surface area contributed by atoms with Crippen molar-refractivity contribution in [2.24, 2.45) is 0 Å². The van der Waals surface area contributed by atoms with Crippen LogP contribution in [0.1, 0.15) is 26.3 Å². The number of rotatable bonds is 6. The Morgan fingerprint density at radius 3 is 2.63 bits per heavy atom. The highest BCUT2D eigenvalue weighted by Crippen LogP contribution is 2.24. The molecule has 1 rings (SSSR count). The van der Waals surface area contributed by atoms with E-state index in [-0.39, 0.29) is 11.7 Å². The molecule has 0 saturated carbocycles. The number of carboxylic acid groups (broad SMARTS) is 1. The summed E-state index contributed by atoms with van der Waals surface area (Å²) in [5.74, 6) is -0.985. The Hall–Kier alpha value is -1.49. The number of thioether (sulfide) groups is 1. The summed E-state index contributed by atoms with van der Waals surface area (Å²) in [6.45, 7) is 5.22. The number of carbonyl (C=O) groups is 2. The fourth-order valence-corrected chi connectivity index (χ4v) is 2.06. The topological polar surface area (TPSA) is 66.4 Å². The molecular weight excluding hydrogens is 262 g/mol. The molecule has 19 heavy (non-hydrogen) atoms. The zero-order valence-corrected chi connectivity index (χ0v) is 12.2. The van der Waals surface area contributed by atoms with E-state index in [1.165, 1.54) is 0 Å². The monoisotopic (exact) mass is 281 g/mol. The smallest absolute Gasteiger partial charge is 0.319 e. The van der Waals surface area contributed by atoms with E-state index in [2.05, 4.69) is 5.32 Å². The van der Waals surface area contributed by atoms with Crippen molar-refractivity contribution in [1.82, 2.24) is 0 Å². The van der Waals surface area contributed by atoms with Gasteiger partial charge in [0.05, 0.1) is 5.75 Å². The van der Waals surface area contributed by atoms with Gasteiger partial charge in [-0.05, 0) is 38.0 Å². The summed E-state index contributed by atoms with van der Waals surface area (Å²) >= 11 is 1.11. The van der Waals surface area contributed by atoms with Crippen molar-refractivity contribution >= 4 is 29.3 Å². The number of aryl methyl sites for hydroxylation is 1. The van der Waals surface area contributed by atoms with Crippen LogP contribution in [0.2, 0.25) is 0 Å². The summed E-state index contributed by atoms with van der Waals surface area (Å²) in [6, 6.07) is 7.63. The molecule has 0 spiro atoms. The van der Waals surface area contributed by atoms with Crippen LogP contribution in [0.5, 0.6) is 0 Å². The van der Waals surface area contributed by atoms with Crippen molar-refractivity contribution < 1.29 is 14.7 Å². The Morgan fingerprint density at radius 1 is 1.37 bits per heavy atom. The second-order valence-corrected chi connectivity index (χ2v) is 6.30. The zero-order chi connectivity index (χ0) is 14.5. The molecule has 4 nitrogen and oxygen atoms in total. The maximum Gasteiger partial charge on any atom is 0.319 e. The van der Waals surface area contributed by atoms with E-state index in [1.807, 2.05) is 31.2 Å². The van der Waals surface area contributed by atoms with Crippen molar-refractivity contribution in [3.05, 3.63) is 29.8 Å². The van der Waals surface area contributed by atoms with Crippen LogP contribution < -0.4 is 5.32 Å². The fraction of sp³-hybridized carbons (Fsp3) is 0.429. The molecule has 0 aromatic heterocycles. The number of amides is 1. The second kappa shape index (κ2) is 6.61. The fourth-order valence-electron chi connectivity index (χ4n) is 1.37. The van der Waals surface area contributed by atoms with Crippen LogP contribution in [0.25, 0.3) is 0 Å². The van der Waals surface area contributed by atoms with Crippen LogP contribution in [-0.2, 0) is 16.0 Å². The standard InChI is InChI=1S/C14H19NO3S/c1-4-10-6-5-7-11(8-10)15-12(16)9-19-14(2,3)13(17)18/h5-8H,4,9H2,1-3H3,(H,15,16)(H,17,18). The van der Waals surface area contributed by atoms with E-state index < -0.39 is 10.7 Å². The van der Waals surface area contributed by atoms with Crippen molar-refractivity contribution in [1.29, 1.82) is 0 Å².